The average molecular weight is 307 g/mol. The van der Waals surface area contributed by atoms with Crippen molar-refractivity contribution in [3.05, 3.63) is 63.8 Å². The molecule has 0 aliphatic carbocycles. The lowest BCUT2D eigenvalue weighted by Crippen LogP contribution is -2.17. The van der Waals surface area contributed by atoms with Crippen LogP contribution in [0.5, 0.6) is 0 Å². The van der Waals surface area contributed by atoms with E-state index < -0.39 is 20.7 Å². The molecule has 0 spiro atoms. The quantitative estimate of drug-likeness (QED) is 0.674. The normalized spacial score (nSPS) is 11.1. The minimum absolute atomic E-state index is 0.128. The van der Waals surface area contributed by atoms with Crippen LogP contribution in [0.1, 0.15) is 11.1 Å². The van der Waals surface area contributed by atoms with Crippen LogP contribution in [-0.4, -0.2) is 18.3 Å². The second-order valence-corrected chi connectivity index (χ2v) is 6.14. The lowest BCUT2D eigenvalue weighted by atomic mass is 10.2. The van der Waals surface area contributed by atoms with Gasteiger partial charge in [-0.25, -0.2) is 13.4 Å². The van der Waals surface area contributed by atoms with Gasteiger partial charge in [0.05, 0.1) is 4.92 Å². The number of benzene rings is 1. The van der Waals surface area contributed by atoms with E-state index in [1.807, 2.05) is 0 Å². The third-order valence-electron chi connectivity index (χ3n) is 2.80. The Hall–Kier alpha value is -2.48. The van der Waals surface area contributed by atoms with Gasteiger partial charge in [0.15, 0.2) is 0 Å². The van der Waals surface area contributed by atoms with E-state index in [4.69, 9.17) is 0 Å². The van der Waals surface area contributed by atoms with Crippen LogP contribution >= 0.6 is 0 Å². The van der Waals surface area contributed by atoms with Crippen LogP contribution in [0.25, 0.3) is 0 Å². The average Bonchev–Trinajstić information content (AvgIpc) is 2.41. The summed E-state index contributed by atoms with van der Waals surface area (Å²) in [4.78, 5) is 14.2. The number of hydrogen-bond donors (Lipinski definition) is 1. The van der Waals surface area contributed by atoms with Crippen molar-refractivity contribution in [2.45, 2.75) is 12.7 Å². The molecule has 0 fully saturated rings. The summed E-state index contributed by atoms with van der Waals surface area (Å²) in [5.41, 5.74) is 0.577. The number of rotatable bonds is 5. The van der Waals surface area contributed by atoms with Crippen molar-refractivity contribution in [3.63, 3.8) is 0 Å². The molecule has 0 radical (unpaired) electrons. The summed E-state index contributed by atoms with van der Waals surface area (Å²) in [7, 11) is -3.78. The fourth-order valence-corrected chi connectivity index (χ4v) is 3.03. The summed E-state index contributed by atoms with van der Waals surface area (Å²) in [6.45, 7) is 1.72. The van der Waals surface area contributed by atoms with E-state index in [-0.39, 0.29) is 17.1 Å². The Balaban J connectivity index is 2.27. The van der Waals surface area contributed by atoms with E-state index in [0.29, 0.717) is 5.56 Å². The minimum Gasteiger partial charge on any atom is -0.267 e. The van der Waals surface area contributed by atoms with Gasteiger partial charge in [0, 0.05) is 17.8 Å². The van der Waals surface area contributed by atoms with Gasteiger partial charge in [0.2, 0.25) is 10.0 Å². The van der Waals surface area contributed by atoms with E-state index in [2.05, 4.69) is 9.71 Å². The number of pyridine rings is 1. The van der Waals surface area contributed by atoms with E-state index in [1.54, 1.807) is 25.1 Å². The molecule has 1 aromatic heterocycles. The molecule has 8 heteroatoms. The summed E-state index contributed by atoms with van der Waals surface area (Å²) in [6.07, 6.45) is 1.47. The molecule has 110 valence electrons. The van der Waals surface area contributed by atoms with Crippen LogP contribution in [0.2, 0.25) is 0 Å². The molecule has 0 amide bonds. The van der Waals surface area contributed by atoms with Crippen molar-refractivity contribution in [2.24, 2.45) is 0 Å². The first-order valence-electron chi connectivity index (χ1n) is 6.03. The number of nitrogens with one attached hydrogen (secondary N) is 1. The predicted octanol–water partition coefficient (Wildman–Crippen LogP) is 2.24. The van der Waals surface area contributed by atoms with Gasteiger partial charge < -0.3 is 0 Å². The van der Waals surface area contributed by atoms with Crippen LogP contribution in [-0.2, 0) is 15.8 Å². The largest absolute Gasteiger partial charge is 0.273 e. The molecule has 2 rings (SSSR count). The molecule has 0 bridgehead atoms. The standard InChI is InChI=1S/C13H13N3O4S/c1-10-5-4-8-14-13(10)15-21(19,20)9-11-6-2-3-7-12(11)16(17)18/h2-8H,9H2,1H3,(H,14,15). The highest BCUT2D eigenvalue weighted by Crippen LogP contribution is 2.21. The van der Waals surface area contributed by atoms with Crippen molar-refractivity contribution >= 4 is 21.5 Å². The fourth-order valence-electron chi connectivity index (χ4n) is 1.79. The highest BCUT2D eigenvalue weighted by atomic mass is 32.2. The third-order valence-corrected chi connectivity index (χ3v) is 3.99. The maximum absolute atomic E-state index is 12.1. The zero-order valence-corrected chi connectivity index (χ0v) is 12.0. The number of anilines is 1. The first-order chi connectivity index (χ1) is 9.89. The second-order valence-electron chi connectivity index (χ2n) is 4.42. The highest BCUT2D eigenvalue weighted by Gasteiger charge is 2.20. The molecule has 1 aromatic carbocycles. The Morgan fingerprint density at radius 2 is 1.95 bits per heavy atom. The second kappa shape index (κ2) is 5.88. The highest BCUT2D eigenvalue weighted by molar-refractivity contribution is 7.91. The fraction of sp³-hybridized carbons (Fsp3) is 0.154. The van der Waals surface area contributed by atoms with Gasteiger partial charge in [-0.3, -0.25) is 14.8 Å². The first kappa shape index (κ1) is 14.9. The lowest BCUT2D eigenvalue weighted by molar-refractivity contribution is -0.385. The molecule has 1 N–H and O–H groups in total. The van der Waals surface area contributed by atoms with Gasteiger partial charge in [-0.05, 0) is 18.6 Å². The van der Waals surface area contributed by atoms with E-state index in [9.17, 15) is 18.5 Å². The maximum Gasteiger partial charge on any atom is 0.273 e. The Kier molecular flexibility index (Phi) is 4.18. The smallest absolute Gasteiger partial charge is 0.267 e. The van der Waals surface area contributed by atoms with Crippen LogP contribution in [0.3, 0.4) is 0 Å². The third kappa shape index (κ3) is 3.76. The molecular formula is C13H13N3O4S. The minimum atomic E-state index is -3.78. The number of hydrogen-bond acceptors (Lipinski definition) is 5. The molecule has 0 unspecified atom stereocenters. The van der Waals surface area contributed by atoms with Crippen LogP contribution in [0.4, 0.5) is 11.5 Å². The number of aromatic nitrogens is 1. The van der Waals surface area contributed by atoms with Crippen LogP contribution < -0.4 is 4.72 Å². The summed E-state index contributed by atoms with van der Waals surface area (Å²) < 4.78 is 26.6. The molecule has 0 aliphatic heterocycles. The Morgan fingerprint density at radius 1 is 1.24 bits per heavy atom. The first-order valence-corrected chi connectivity index (χ1v) is 7.69. The van der Waals surface area contributed by atoms with Gasteiger partial charge in [-0.2, -0.15) is 0 Å². The van der Waals surface area contributed by atoms with Gasteiger partial charge in [0.1, 0.15) is 11.6 Å². The summed E-state index contributed by atoms with van der Waals surface area (Å²) in [5, 5.41) is 10.9. The van der Waals surface area contributed by atoms with Gasteiger partial charge in [-0.1, -0.05) is 24.3 Å². The molecular weight excluding hydrogens is 294 g/mol. The molecule has 7 nitrogen and oxygen atoms in total. The topological polar surface area (TPSA) is 102 Å². The zero-order valence-electron chi connectivity index (χ0n) is 11.2. The molecule has 0 aliphatic rings. The maximum atomic E-state index is 12.1. The van der Waals surface area contributed by atoms with Crippen molar-refractivity contribution in [3.8, 4) is 0 Å². The molecule has 0 saturated heterocycles. The molecule has 0 atom stereocenters. The van der Waals surface area contributed by atoms with Crippen molar-refractivity contribution in [1.82, 2.24) is 4.98 Å². The van der Waals surface area contributed by atoms with Crippen molar-refractivity contribution < 1.29 is 13.3 Å². The number of sulfonamides is 1. The molecule has 0 saturated carbocycles. The van der Waals surface area contributed by atoms with Gasteiger partial charge in [0.25, 0.3) is 5.69 Å². The monoisotopic (exact) mass is 307 g/mol. The van der Waals surface area contributed by atoms with Crippen LogP contribution in [0, 0.1) is 17.0 Å². The SMILES string of the molecule is Cc1cccnc1NS(=O)(=O)Cc1ccccc1[N+](=O)[O-]. The molecule has 2 aromatic rings. The Labute approximate surface area is 121 Å². The number of nitro benzene ring substituents is 1. The van der Waals surface area contributed by atoms with E-state index in [0.717, 1.165) is 0 Å². The summed E-state index contributed by atoms with van der Waals surface area (Å²) in [5.74, 6) is -0.267. The number of para-hydroxylation sites is 1. The number of aryl methyl sites for hydroxylation is 1. The number of nitro groups is 1. The van der Waals surface area contributed by atoms with Crippen LogP contribution in [0.15, 0.2) is 42.6 Å². The summed E-state index contributed by atoms with van der Waals surface area (Å²) in [6, 6.07) is 9.15. The molecule has 1 heterocycles. The van der Waals surface area contributed by atoms with Gasteiger partial charge >= 0.3 is 0 Å². The van der Waals surface area contributed by atoms with Gasteiger partial charge in [-0.15, -0.1) is 0 Å². The number of nitrogens with zero attached hydrogens (tertiary/aromatic N) is 2. The predicted molar refractivity (Wildman–Crippen MR) is 78.3 cm³/mol. The van der Waals surface area contributed by atoms with E-state index >= 15 is 0 Å². The zero-order chi connectivity index (χ0) is 15.5. The van der Waals surface area contributed by atoms with Crippen molar-refractivity contribution in [1.29, 1.82) is 0 Å². The summed E-state index contributed by atoms with van der Waals surface area (Å²) >= 11 is 0. The van der Waals surface area contributed by atoms with Crippen molar-refractivity contribution in [2.75, 3.05) is 4.72 Å². The Bertz CT molecular complexity index is 774. The molecule has 21 heavy (non-hydrogen) atoms. The van der Waals surface area contributed by atoms with E-state index in [1.165, 1.54) is 24.4 Å². The lowest BCUT2D eigenvalue weighted by Gasteiger charge is -2.09. The Morgan fingerprint density at radius 3 is 2.62 bits per heavy atom.